The van der Waals surface area contributed by atoms with E-state index in [1.165, 1.54) is 16.2 Å². The van der Waals surface area contributed by atoms with Gasteiger partial charge in [-0.3, -0.25) is 14.4 Å². The van der Waals surface area contributed by atoms with Crippen LogP contribution in [0, 0.1) is 5.92 Å². The molecule has 7 nitrogen and oxygen atoms in total. The summed E-state index contributed by atoms with van der Waals surface area (Å²) in [6, 6.07) is 8.76. The quantitative estimate of drug-likeness (QED) is 0.605. The maximum atomic E-state index is 12.7. The van der Waals surface area contributed by atoms with Gasteiger partial charge in [0.25, 0.3) is 5.91 Å². The zero-order valence-electron chi connectivity index (χ0n) is 18.0. The van der Waals surface area contributed by atoms with Crippen LogP contribution in [0.4, 0.5) is 5.13 Å². The standard InChI is InChI=1S/C22H30N4O3S/c1-15(2)10-11-23-19(27)12-18-14-30-22(24-18)25-20(28)13-26(16(3)4)21(29)17-8-6-5-7-9-17/h5-9,14-16H,10-13H2,1-4H3,(H,23,27)(H,24,25,28). The summed E-state index contributed by atoms with van der Waals surface area (Å²) in [5.41, 5.74) is 1.15. The molecule has 0 aliphatic carbocycles. The molecule has 0 aliphatic heterocycles. The summed E-state index contributed by atoms with van der Waals surface area (Å²) in [6.07, 6.45) is 1.10. The van der Waals surface area contributed by atoms with Crippen molar-refractivity contribution in [2.24, 2.45) is 5.92 Å². The molecule has 0 spiro atoms. The van der Waals surface area contributed by atoms with Crippen LogP contribution in [0.2, 0.25) is 0 Å². The van der Waals surface area contributed by atoms with Gasteiger partial charge < -0.3 is 15.5 Å². The van der Waals surface area contributed by atoms with Gasteiger partial charge in [-0.1, -0.05) is 32.0 Å². The maximum absolute atomic E-state index is 12.7. The Hall–Kier alpha value is -2.74. The van der Waals surface area contributed by atoms with E-state index in [1.54, 1.807) is 29.6 Å². The van der Waals surface area contributed by atoms with Crippen molar-refractivity contribution in [2.75, 3.05) is 18.4 Å². The molecule has 0 unspecified atom stereocenters. The molecule has 0 radical (unpaired) electrons. The number of rotatable bonds is 10. The summed E-state index contributed by atoms with van der Waals surface area (Å²) in [7, 11) is 0. The van der Waals surface area contributed by atoms with Gasteiger partial charge in [-0.25, -0.2) is 4.98 Å². The summed E-state index contributed by atoms with van der Waals surface area (Å²) in [6.45, 7) is 8.52. The Kier molecular flexibility index (Phi) is 8.98. The van der Waals surface area contributed by atoms with Gasteiger partial charge in [0, 0.05) is 23.5 Å². The molecule has 8 heteroatoms. The van der Waals surface area contributed by atoms with Gasteiger partial charge in [0.1, 0.15) is 6.54 Å². The largest absolute Gasteiger partial charge is 0.356 e. The lowest BCUT2D eigenvalue weighted by Gasteiger charge is -2.26. The van der Waals surface area contributed by atoms with E-state index in [9.17, 15) is 14.4 Å². The monoisotopic (exact) mass is 430 g/mol. The number of anilines is 1. The Balaban J connectivity index is 1.89. The van der Waals surface area contributed by atoms with Gasteiger partial charge in [0.2, 0.25) is 11.8 Å². The molecule has 2 rings (SSSR count). The van der Waals surface area contributed by atoms with Crippen LogP contribution in [0.15, 0.2) is 35.7 Å². The lowest BCUT2D eigenvalue weighted by Crippen LogP contribution is -2.42. The van der Waals surface area contributed by atoms with Crippen LogP contribution in [0.25, 0.3) is 0 Å². The molecule has 3 amide bonds. The molecule has 2 aromatic rings. The van der Waals surface area contributed by atoms with Crippen molar-refractivity contribution in [3.8, 4) is 0 Å². The van der Waals surface area contributed by atoms with Crippen LogP contribution >= 0.6 is 11.3 Å². The number of thiazole rings is 1. The third-order valence-electron chi connectivity index (χ3n) is 4.40. The van der Waals surface area contributed by atoms with Crippen molar-refractivity contribution in [2.45, 2.75) is 46.6 Å². The van der Waals surface area contributed by atoms with Crippen LogP contribution in [0.1, 0.15) is 50.2 Å². The zero-order valence-corrected chi connectivity index (χ0v) is 18.8. The Morgan fingerprint density at radius 3 is 2.40 bits per heavy atom. The summed E-state index contributed by atoms with van der Waals surface area (Å²) >= 11 is 1.26. The third kappa shape index (κ3) is 7.59. The van der Waals surface area contributed by atoms with Crippen LogP contribution in [-0.4, -0.2) is 46.7 Å². The number of hydrogen-bond donors (Lipinski definition) is 2. The van der Waals surface area contributed by atoms with Crippen LogP contribution in [0.3, 0.4) is 0 Å². The first-order valence-electron chi connectivity index (χ1n) is 10.1. The van der Waals surface area contributed by atoms with E-state index < -0.39 is 0 Å². The maximum Gasteiger partial charge on any atom is 0.254 e. The summed E-state index contributed by atoms with van der Waals surface area (Å²) in [5, 5.41) is 7.78. The van der Waals surface area contributed by atoms with Crippen LogP contribution in [-0.2, 0) is 16.0 Å². The van der Waals surface area contributed by atoms with Crippen LogP contribution < -0.4 is 10.6 Å². The second kappa shape index (κ2) is 11.4. The predicted octanol–water partition coefficient (Wildman–Crippen LogP) is 3.34. The van der Waals surface area contributed by atoms with Crippen molar-refractivity contribution in [3.63, 3.8) is 0 Å². The minimum absolute atomic E-state index is 0.0734. The van der Waals surface area contributed by atoms with E-state index in [0.717, 1.165) is 6.42 Å². The van der Waals surface area contributed by atoms with E-state index in [0.29, 0.717) is 28.9 Å². The number of carbonyl (C=O) groups is 3. The summed E-state index contributed by atoms with van der Waals surface area (Å²) < 4.78 is 0. The van der Waals surface area contributed by atoms with E-state index in [2.05, 4.69) is 29.5 Å². The Morgan fingerprint density at radius 2 is 1.77 bits per heavy atom. The zero-order chi connectivity index (χ0) is 22.1. The lowest BCUT2D eigenvalue weighted by molar-refractivity contribution is -0.120. The Morgan fingerprint density at radius 1 is 1.07 bits per heavy atom. The van der Waals surface area contributed by atoms with E-state index in [4.69, 9.17) is 0 Å². The molecule has 0 bridgehead atoms. The van der Waals surface area contributed by atoms with Gasteiger partial charge in [-0.2, -0.15) is 0 Å². The number of aromatic nitrogens is 1. The molecule has 1 heterocycles. The SMILES string of the molecule is CC(C)CCNC(=O)Cc1csc(NC(=O)CN(C(=O)c2ccccc2)C(C)C)n1. The van der Waals surface area contributed by atoms with Gasteiger partial charge in [-0.15, -0.1) is 11.3 Å². The number of benzene rings is 1. The average Bonchev–Trinajstić information content (AvgIpc) is 3.12. The second-order valence-corrected chi connectivity index (χ2v) is 8.65. The van der Waals surface area contributed by atoms with Gasteiger partial charge >= 0.3 is 0 Å². The van der Waals surface area contributed by atoms with E-state index >= 15 is 0 Å². The highest BCUT2D eigenvalue weighted by Crippen LogP contribution is 2.16. The first-order chi connectivity index (χ1) is 14.3. The molecule has 0 fully saturated rings. The Labute approximate surface area is 181 Å². The molecule has 0 aliphatic rings. The highest BCUT2D eigenvalue weighted by molar-refractivity contribution is 7.13. The predicted molar refractivity (Wildman–Crippen MR) is 120 cm³/mol. The van der Waals surface area contributed by atoms with Gasteiger partial charge in [-0.05, 0) is 38.3 Å². The fraction of sp³-hybridized carbons (Fsp3) is 0.455. The van der Waals surface area contributed by atoms with Crippen molar-refractivity contribution >= 4 is 34.2 Å². The fourth-order valence-corrected chi connectivity index (χ4v) is 3.45. The molecule has 0 saturated heterocycles. The summed E-state index contributed by atoms with van der Waals surface area (Å²) in [5.74, 6) is -0.0715. The molecule has 0 atom stereocenters. The van der Waals surface area contributed by atoms with Crippen LogP contribution in [0.5, 0.6) is 0 Å². The van der Waals surface area contributed by atoms with Gasteiger partial charge in [0.05, 0.1) is 12.1 Å². The molecule has 1 aromatic heterocycles. The third-order valence-corrected chi connectivity index (χ3v) is 5.21. The lowest BCUT2D eigenvalue weighted by atomic mass is 10.1. The Bertz CT molecular complexity index is 849. The summed E-state index contributed by atoms with van der Waals surface area (Å²) in [4.78, 5) is 43.0. The number of amides is 3. The fourth-order valence-electron chi connectivity index (χ4n) is 2.72. The number of nitrogens with zero attached hydrogens (tertiary/aromatic N) is 2. The molecule has 0 saturated carbocycles. The topological polar surface area (TPSA) is 91.4 Å². The van der Waals surface area contributed by atoms with Crippen molar-refractivity contribution in [1.29, 1.82) is 0 Å². The highest BCUT2D eigenvalue weighted by atomic mass is 32.1. The molecule has 162 valence electrons. The first-order valence-corrected chi connectivity index (χ1v) is 11.0. The molecular formula is C22H30N4O3S. The van der Waals surface area contributed by atoms with Crippen molar-refractivity contribution in [1.82, 2.24) is 15.2 Å². The highest BCUT2D eigenvalue weighted by Gasteiger charge is 2.22. The van der Waals surface area contributed by atoms with E-state index in [1.807, 2.05) is 19.9 Å². The first kappa shape index (κ1) is 23.5. The van der Waals surface area contributed by atoms with Crippen molar-refractivity contribution < 1.29 is 14.4 Å². The number of carbonyl (C=O) groups excluding carboxylic acids is 3. The minimum Gasteiger partial charge on any atom is -0.356 e. The minimum atomic E-state index is -0.324. The smallest absolute Gasteiger partial charge is 0.254 e. The van der Waals surface area contributed by atoms with Gasteiger partial charge in [0.15, 0.2) is 5.13 Å². The molecular weight excluding hydrogens is 400 g/mol. The second-order valence-electron chi connectivity index (χ2n) is 7.79. The number of nitrogens with one attached hydrogen (secondary N) is 2. The molecule has 30 heavy (non-hydrogen) atoms. The van der Waals surface area contributed by atoms with Crippen molar-refractivity contribution in [3.05, 3.63) is 47.0 Å². The molecule has 1 aromatic carbocycles. The normalized spacial score (nSPS) is 10.9. The average molecular weight is 431 g/mol. The molecule has 2 N–H and O–H groups in total. The number of hydrogen-bond acceptors (Lipinski definition) is 5. The van der Waals surface area contributed by atoms with E-state index in [-0.39, 0.29) is 36.7 Å².